The van der Waals surface area contributed by atoms with Gasteiger partial charge in [0.05, 0.1) is 50.2 Å². The van der Waals surface area contributed by atoms with Crippen molar-refractivity contribution in [1.82, 2.24) is 4.57 Å². The predicted molar refractivity (Wildman–Crippen MR) is 140 cm³/mol. The Morgan fingerprint density at radius 1 is 0.816 bits per heavy atom. The van der Waals surface area contributed by atoms with Crippen LogP contribution in [0.15, 0.2) is 48.5 Å². The number of aliphatic carboxylic acids is 1. The summed E-state index contributed by atoms with van der Waals surface area (Å²) in [5, 5.41) is 27.4. The highest BCUT2D eigenvalue weighted by Gasteiger charge is 2.19. The summed E-state index contributed by atoms with van der Waals surface area (Å²) in [5.41, 5.74) is 6.02. The zero-order valence-electron chi connectivity index (χ0n) is 21.6. The largest absolute Gasteiger partial charge is 0.491 e. The second kappa shape index (κ2) is 14.6. The maximum absolute atomic E-state index is 10.3. The van der Waals surface area contributed by atoms with Gasteiger partial charge in [0.1, 0.15) is 25.0 Å². The second-order valence-electron chi connectivity index (χ2n) is 8.47. The SMILES string of the molecule is Cc1c(C#N)c(-c2ccc(C#N)cc2)c(C)n1Cc1ccc(OCCOCCOCCOCC(=O)O)cc1. The summed E-state index contributed by atoms with van der Waals surface area (Å²) >= 11 is 0. The first-order chi connectivity index (χ1) is 18.4. The minimum atomic E-state index is -1.00. The lowest BCUT2D eigenvalue weighted by Gasteiger charge is -2.12. The molecule has 198 valence electrons. The van der Waals surface area contributed by atoms with Crippen molar-refractivity contribution in [2.75, 3.05) is 46.2 Å². The summed E-state index contributed by atoms with van der Waals surface area (Å²) in [6.45, 7) is 6.41. The molecule has 0 atom stereocenters. The maximum Gasteiger partial charge on any atom is 0.329 e. The lowest BCUT2D eigenvalue weighted by atomic mass is 10.0. The molecule has 0 amide bonds. The Morgan fingerprint density at radius 3 is 2.00 bits per heavy atom. The number of carbonyl (C=O) groups is 1. The molecule has 0 spiro atoms. The molecule has 0 saturated carbocycles. The molecule has 0 aliphatic rings. The van der Waals surface area contributed by atoms with Crippen molar-refractivity contribution in [3.63, 3.8) is 0 Å². The number of hydrogen-bond acceptors (Lipinski definition) is 7. The number of carboxylic acid groups (broad SMARTS) is 1. The van der Waals surface area contributed by atoms with Crippen LogP contribution >= 0.6 is 0 Å². The van der Waals surface area contributed by atoms with E-state index in [4.69, 9.17) is 29.3 Å². The third kappa shape index (κ3) is 7.92. The molecule has 38 heavy (non-hydrogen) atoms. The van der Waals surface area contributed by atoms with Gasteiger partial charge in [-0.3, -0.25) is 0 Å². The van der Waals surface area contributed by atoms with E-state index in [0.717, 1.165) is 33.8 Å². The Bertz CT molecular complexity index is 1280. The van der Waals surface area contributed by atoms with Gasteiger partial charge in [-0.1, -0.05) is 24.3 Å². The summed E-state index contributed by atoms with van der Waals surface area (Å²) in [6, 6.07) is 19.6. The predicted octanol–water partition coefficient (Wildman–Crippen LogP) is 4.08. The lowest BCUT2D eigenvalue weighted by Crippen LogP contribution is -2.14. The maximum atomic E-state index is 10.3. The quantitative estimate of drug-likeness (QED) is 0.299. The zero-order chi connectivity index (χ0) is 27.3. The molecular formula is C29H31N3O6. The molecule has 3 aromatic rings. The second-order valence-corrected chi connectivity index (χ2v) is 8.47. The van der Waals surface area contributed by atoms with E-state index in [2.05, 4.69) is 16.7 Å². The number of rotatable bonds is 15. The van der Waals surface area contributed by atoms with Crippen molar-refractivity contribution in [2.45, 2.75) is 20.4 Å². The average molecular weight is 518 g/mol. The summed E-state index contributed by atoms with van der Waals surface area (Å²) in [4.78, 5) is 10.3. The topological polar surface area (TPSA) is 127 Å². The monoisotopic (exact) mass is 517 g/mol. The summed E-state index contributed by atoms with van der Waals surface area (Å²) in [6.07, 6.45) is 0. The van der Waals surface area contributed by atoms with Crippen LogP contribution < -0.4 is 4.74 Å². The van der Waals surface area contributed by atoms with Crippen LogP contribution in [0.1, 0.15) is 28.1 Å². The molecule has 2 aromatic carbocycles. The van der Waals surface area contributed by atoms with E-state index >= 15 is 0 Å². The van der Waals surface area contributed by atoms with Crippen molar-refractivity contribution in [1.29, 1.82) is 10.5 Å². The molecule has 1 N–H and O–H groups in total. The molecule has 3 rings (SSSR count). The Labute approximate surface area is 222 Å². The molecule has 0 radical (unpaired) electrons. The molecule has 1 aromatic heterocycles. The molecule has 9 heteroatoms. The molecule has 1 heterocycles. The molecule has 0 fully saturated rings. The number of benzene rings is 2. The summed E-state index contributed by atoms with van der Waals surface area (Å²) in [7, 11) is 0. The van der Waals surface area contributed by atoms with Gasteiger partial charge in [0.2, 0.25) is 0 Å². The van der Waals surface area contributed by atoms with Gasteiger partial charge in [-0.25, -0.2) is 4.79 Å². The number of hydrogen-bond donors (Lipinski definition) is 1. The number of nitrogens with zero attached hydrogens (tertiary/aromatic N) is 3. The van der Waals surface area contributed by atoms with Crippen LogP contribution in [0.5, 0.6) is 5.75 Å². The molecule has 0 bridgehead atoms. The Kier molecular flexibility index (Phi) is 10.9. The van der Waals surface area contributed by atoms with Crippen LogP contribution in [0, 0.1) is 36.5 Å². The van der Waals surface area contributed by atoms with Gasteiger partial charge >= 0.3 is 5.97 Å². The minimum Gasteiger partial charge on any atom is -0.491 e. The van der Waals surface area contributed by atoms with Crippen molar-refractivity contribution in [3.05, 3.63) is 76.6 Å². The van der Waals surface area contributed by atoms with E-state index in [-0.39, 0.29) is 13.2 Å². The first kappa shape index (κ1) is 28.4. The Morgan fingerprint density at radius 2 is 1.42 bits per heavy atom. The minimum absolute atomic E-state index is 0.229. The standard InChI is InChI=1S/C29H31N3O6/c1-21-27(18-31)29(25-7-3-23(17-30)4-8-25)22(2)32(21)19-24-5-9-26(10-6-24)38-16-15-36-12-11-35-13-14-37-20-28(33)34/h3-10H,11-16,19-20H2,1-2H3,(H,33,34). The first-order valence-electron chi connectivity index (χ1n) is 12.2. The van der Waals surface area contributed by atoms with Crippen LogP contribution in [0.2, 0.25) is 0 Å². The summed E-state index contributed by atoms with van der Waals surface area (Å²) in [5.74, 6) is -0.265. The number of aromatic nitrogens is 1. The van der Waals surface area contributed by atoms with Gasteiger partial charge in [-0.2, -0.15) is 10.5 Å². The number of ether oxygens (including phenoxy) is 4. The molecular weight excluding hydrogens is 486 g/mol. The lowest BCUT2D eigenvalue weighted by molar-refractivity contribution is -0.142. The Balaban J connectivity index is 1.47. The van der Waals surface area contributed by atoms with Gasteiger partial charge < -0.3 is 28.6 Å². The van der Waals surface area contributed by atoms with Crippen LogP contribution in [0.3, 0.4) is 0 Å². The fraction of sp³-hybridized carbons (Fsp3) is 0.345. The first-order valence-corrected chi connectivity index (χ1v) is 12.2. The third-order valence-electron chi connectivity index (χ3n) is 5.93. The van der Waals surface area contributed by atoms with Crippen LogP contribution in [0.25, 0.3) is 11.1 Å². The summed E-state index contributed by atoms with van der Waals surface area (Å²) < 4.78 is 23.5. The molecule has 9 nitrogen and oxygen atoms in total. The van der Waals surface area contributed by atoms with Crippen LogP contribution in [-0.4, -0.2) is 61.9 Å². The van der Waals surface area contributed by atoms with Crippen molar-refractivity contribution in [3.8, 4) is 29.0 Å². The van der Waals surface area contributed by atoms with Gasteiger partial charge in [-0.05, 0) is 49.2 Å². The molecule has 0 unspecified atom stereocenters. The number of carboxylic acids is 1. The fourth-order valence-electron chi connectivity index (χ4n) is 4.01. The van der Waals surface area contributed by atoms with Crippen LogP contribution in [-0.2, 0) is 25.5 Å². The smallest absolute Gasteiger partial charge is 0.329 e. The zero-order valence-corrected chi connectivity index (χ0v) is 21.6. The average Bonchev–Trinajstić information content (AvgIpc) is 3.16. The molecule has 0 aliphatic heterocycles. The van der Waals surface area contributed by atoms with Gasteiger partial charge in [0.25, 0.3) is 0 Å². The third-order valence-corrected chi connectivity index (χ3v) is 5.93. The fourth-order valence-corrected chi connectivity index (χ4v) is 4.01. The van der Waals surface area contributed by atoms with Crippen molar-refractivity contribution >= 4 is 5.97 Å². The Hall–Kier alpha value is -4.15. The van der Waals surface area contributed by atoms with Crippen molar-refractivity contribution < 1.29 is 28.8 Å². The highest BCUT2D eigenvalue weighted by molar-refractivity contribution is 5.75. The van der Waals surface area contributed by atoms with Gasteiger partial charge in [0, 0.05) is 23.5 Å². The van der Waals surface area contributed by atoms with E-state index in [1.54, 1.807) is 12.1 Å². The highest BCUT2D eigenvalue weighted by Crippen LogP contribution is 2.32. The normalized spacial score (nSPS) is 10.6. The van der Waals surface area contributed by atoms with Gasteiger partial charge in [-0.15, -0.1) is 0 Å². The van der Waals surface area contributed by atoms with Gasteiger partial charge in [0.15, 0.2) is 0 Å². The van der Waals surface area contributed by atoms with E-state index in [9.17, 15) is 10.1 Å². The van der Waals surface area contributed by atoms with Crippen LogP contribution in [0.4, 0.5) is 0 Å². The van der Waals surface area contributed by atoms with E-state index in [0.29, 0.717) is 50.7 Å². The van der Waals surface area contributed by atoms with E-state index in [1.807, 2.05) is 50.2 Å². The highest BCUT2D eigenvalue weighted by atomic mass is 16.6. The van der Waals surface area contributed by atoms with E-state index < -0.39 is 5.97 Å². The number of nitriles is 2. The molecule has 0 saturated heterocycles. The van der Waals surface area contributed by atoms with Crippen molar-refractivity contribution in [2.24, 2.45) is 0 Å². The van der Waals surface area contributed by atoms with E-state index in [1.165, 1.54) is 0 Å². The molecule has 0 aliphatic carbocycles.